The van der Waals surface area contributed by atoms with E-state index in [9.17, 15) is 18.0 Å². The zero-order chi connectivity index (χ0) is 17.7. The fourth-order valence-corrected chi connectivity index (χ4v) is 3.08. The van der Waals surface area contributed by atoms with Crippen molar-refractivity contribution in [1.82, 2.24) is 10.4 Å². The Labute approximate surface area is 138 Å². The van der Waals surface area contributed by atoms with Crippen molar-refractivity contribution in [2.75, 3.05) is 6.54 Å². The number of carbonyl (C=O) groups is 1. The zero-order valence-corrected chi connectivity index (χ0v) is 13.7. The van der Waals surface area contributed by atoms with Gasteiger partial charge in [-0.1, -0.05) is 35.9 Å². The van der Waals surface area contributed by atoms with Crippen LogP contribution in [0.4, 0.5) is 13.2 Å². The van der Waals surface area contributed by atoms with Gasteiger partial charge in [0.05, 0.1) is 5.41 Å². The number of hydrazine groups is 1. The number of hydrogen-bond acceptors (Lipinski definition) is 2. The van der Waals surface area contributed by atoms with Crippen molar-refractivity contribution >= 4 is 16.7 Å². The third kappa shape index (κ3) is 2.98. The van der Waals surface area contributed by atoms with Crippen LogP contribution in [0.15, 0.2) is 36.4 Å². The SMILES string of the molecule is Cc1ccc2ccc(C(N3CC(C)(C)C(=O)N3)C(F)(F)F)cc2c1. The molecule has 1 aliphatic rings. The molecule has 0 aromatic heterocycles. The minimum absolute atomic E-state index is 0.00185. The van der Waals surface area contributed by atoms with Crippen molar-refractivity contribution in [1.29, 1.82) is 0 Å². The van der Waals surface area contributed by atoms with E-state index in [1.807, 2.05) is 25.1 Å². The molecule has 2 aromatic rings. The summed E-state index contributed by atoms with van der Waals surface area (Å²) in [4.78, 5) is 11.9. The van der Waals surface area contributed by atoms with Gasteiger partial charge in [0.25, 0.3) is 0 Å². The van der Waals surface area contributed by atoms with E-state index in [0.29, 0.717) is 0 Å². The molecule has 24 heavy (non-hydrogen) atoms. The number of nitrogens with one attached hydrogen (secondary N) is 1. The first-order valence-electron chi connectivity index (χ1n) is 7.73. The number of fused-ring (bicyclic) bond motifs is 1. The summed E-state index contributed by atoms with van der Waals surface area (Å²) >= 11 is 0. The van der Waals surface area contributed by atoms with E-state index < -0.39 is 23.5 Å². The standard InChI is InChI=1S/C18H19F3N2O/c1-11-4-5-12-6-7-13(9-14(12)8-11)15(18(19,20)21)23-10-17(2,3)16(24)22-23/h4-9,15H,10H2,1-3H3,(H,22,24). The average Bonchev–Trinajstić information content (AvgIpc) is 2.70. The number of halogens is 3. The molecule has 1 unspecified atom stereocenters. The molecule has 1 saturated heterocycles. The summed E-state index contributed by atoms with van der Waals surface area (Å²) in [5.41, 5.74) is 2.64. The van der Waals surface area contributed by atoms with Gasteiger partial charge in [-0.3, -0.25) is 10.2 Å². The Kier molecular flexibility index (Phi) is 3.83. The molecule has 1 amide bonds. The molecule has 0 bridgehead atoms. The molecule has 1 aliphatic heterocycles. The summed E-state index contributed by atoms with van der Waals surface area (Å²) < 4.78 is 41.2. The van der Waals surface area contributed by atoms with Gasteiger partial charge in [-0.25, -0.2) is 5.01 Å². The maximum atomic E-state index is 13.7. The average molecular weight is 336 g/mol. The first kappa shape index (κ1) is 16.8. The molecule has 0 radical (unpaired) electrons. The molecule has 3 nitrogen and oxygen atoms in total. The molecule has 2 aromatic carbocycles. The lowest BCUT2D eigenvalue weighted by Crippen LogP contribution is -2.43. The highest BCUT2D eigenvalue weighted by Crippen LogP contribution is 2.41. The molecular weight excluding hydrogens is 317 g/mol. The lowest BCUT2D eigenvalue weighted by molar-refractivity contribution is -0.191. The summed E-state index contributed by atoms with van der Waals surface area (Å²) in [5.74, 6) is -0.395. The van der Waals surface area contributed by atoms with Crippen molar-refractivity contribution in [2.24, 2.45) is 5.41 Å². The highest BCUT2D eigenvalue weighted by molar-refractivity contribution is 5.85. The van der Waals surface area contributed by atoms with Crippen molar-refractivity contribution < 1.29 is 18.0 Å². The van der Waals surface area contributed by atoms with Crippen molar-refractivity contribution in [3.05, 3.63) is 47.5 Å². The summed E-state index contributed by atoms with van der Waals surface area (Å²) in [6.07, 6.45) is -4.49. The van der Waals surface area contributed by atoms with Crippen molar-refractivity contribution in [2.45, 2.75) is 33.0 Å². The van der Waals surface area contributed by atoms with Crippen molar-refractivity contribution in [3.8, 4) is 0 Å². The second-order valence-electron chi connectivity index (χ2n) is 7.01. The van der Waals surface area contributed by atoms with Crippen LogP contribution in [0.5, 0.6) is 0 Å². The van der Waals surface area contributed by atoms with Gasteiger partial charge in [0, 0.05) is 6.54 Å². The molecular formula is C18H19F3N2O. The summed E-state index contributed by atoms with van der Waals surface area (Å²) in [6.45, 7) is 5.18. The Hall–Kier alpha value is -2.08. The second kappa shape index (κ2) is 5.48. The molecule has 3 rings (SSSR count). The molecule has 1 N–H and O–H groups in total. The van der Waals surface area contributed by atoms with Gasteiger partial charge in [-0.15, -0.1) is 0 Å². The lowest BCUT2D eigenvalue weighted by Gasteiger charge is -2.30. The molecule has 0 saturated carbocycles. The minimum atomic E-state index is -4.49. The maximum Gasteiger partial charge on any atom is 0.409 e. The summed E-state index contributed by atoms with van der Waals surface area (Å²) in [5, 5.41) is 2.64. The van der Waals surface area contributed by atoms with Crippen molar-refractivity contribution in [3.63, 3.8) is 0 Å². The smallest absolute Gasteiger partial charge is 0.287 e. The normalized spacial score (nSPS) is 19.5. The monoisotopic (exact) mass is 336 g/mol. The van der Waals surface area contributed by atoms with E-state index in [1.54, 1.807) is 26.0 Å². The van der Waals surface area contributed by atoms with Gasteiger partial charge in [-0.2, -0.15) is 13.2 Å². The highest BCUT2D eigenvalue weighted by Gasteiger charge is 2.51. The fourth-order valence-electron chi connectivity index (χ4n) is 3.08. The van der Waals surface area contributed by atoms with Crippen LogP contribution in [0, 0.1) is 12.3 Å². The number of carbonyl (C=O) groups excluding carboxylic acids is 1. The van der Waals surface area contributed by atoms with Gasteiger partial charge in [0.15, 0.2) is 0 Å². The Morgan fingerprint density at radius 1 is 1.12 bits per heavy atom. The third-order valence-electron chi connectivity index (χ3n) is 4.38. The molecule has 1 fully saturated rings. The number of nitrogens with zero attached hydrogens (tertiary/aromatic N) is 1. The molecule has 128 valence electrons. The van der Waals surface area contributed by atoms with E-state index in [-0.39, 0.29) is 12.1 Å². The topological polar surface area (TPSA) is 32.3 Å². The predicted molar refractivity (Wildman–Crippen MR) is 86.1 cm³/mol. The van der Waals surface area contributed by atoms with Crippen LogP contribution in [0.3, 0.4) is 0 Å². The van der Waals surface area contributed by atoms with Crippen LogP contribution in [-0.2, 0) is 4.79 Å². The Morgan fingerprint density at radius 3 is 2.38 bits per heavy atom. The van der Waals surface area contributed by atoms with Gasteiger partial charge in [-0.05, 0) is 43.2 Å². The second-order valence-corrected chi connectivity index (χ2v) is 7.01. The number of hydrogen-bond donors (Lipinski definition) is 1. The van der Waals surface area contributed by atoms with Crippen LogP contribution in [0.2, 0.25) is 0 Å². The largest absolute Gasteiger partial charge is 0.409 e. The van der Waals surface area contributed by atoms with E-state index >= 15 is 0 Å². The van der Waals surface area contributed by atoms with E-state index in [0.717, 1.165) is 21.3 Å². The first-order valence-corrected chi connectivity index (χ1v) is 7.73. The number of amides is 1. The number of alkyl halides is 3. The van der Waals surface area contributed by atoms with Gasteiger partial charge in [0.2, 0.25) is 5.91 Å². The van der Waals surface area contributed by atoms with Crippen LogP contribution in [0.1, 0.15) is 31.0 Å². The Bertz CT molecular complexity index is 798. The molecule has 1 atom stereocenters. The summed E-state index contributed by atoms with van der Waals surface area (Å²) in [7, 11) is 0. The number of rotatable bonds is 2. The van der Waals surface area contributed by atoms with E-state index in [1.165, 1.54) is 6.07 Å². The summed E-state index contributed by atoms with van der Waals surface area (Å²) in [6, 6.07) is 8.52. The van der Waals surface area contributed by atoms with Crippen LogP contribution >= 0.6 is 0 Å². The van der Waals surface area contributed by atoms with Gasteiger partial charge in [0.1, 0.15) is 6.04 Å². The number of aryl methyl sites for hydroxylation is 1. The first-order chi connectivity index (χ1) is 11.1. The van der Waals surface area contributed by atoms with Crippen LogP contribution in [0.25, 0.3) is 10.8 Å². The predicted octanol–water partition coefficient (Wildman–Crippen LogP) is 4.12. The highest BCUT2D eigenvalue weighted by atomic mass is 19.4. The lowest BCUT2D eigenvalue weighted by atomic mass is 9.93. The Balaban J connectivity index is 2.06. The third-order valence-corrected chi connectivity index (χ3v) is 4.38. The molecule has 0 aliphatic carbocycles. The fraction of sp³-hybridized carbons (Fsp3) is 0.389. The number of benzene rings is 2. The quantitative estimate of drug-likeness (QED) is 0.894. The van der Waals surface area contributed by atoms with Gasteiger partial charge < -0.3 is 0 Å². The molecule has 0 spiro atoms. The van der Waals surface area contributed by atoms with Crippen LogP contribution < -0.4 is 5.43 Å². The maximum absolute atomic E-state index is 13.7. The zero-order valence-electron chi connectivity index (χ0n) is 13.7. The van der Waals surface area contributed by atoms with Gasteiger partial charge >= 0.3 is 6.18 Å². The van der Waals surface area contributed by atoms with E-state index in [4.69, 9.17) is 0 Å². The minimum Gasteiger partial charge on any atom is -0.287 e. The molecule has 6 heteroatoms. The Morgan fingerprint density at radius 2 is 1.79 bits per heavy atom. The van der Waals surface area contributed by atoms with Crippen LogP contribution in [-0.4, -0.2) is 23.6 Å². The van der Waals surface area contributed by atoms with E-state index in [2.05, 4.69) is 5.43 Å². The molecule has 1 heterocycles.